The molecule has 0 aliphatic carbocycles. The number of hydrogen-bond donors (Lipinski definition) is 1. The van der Waals surface area contributed by atoms with Gasteiger partial charge in [-0.25, -0.2) is 0 Å². The topological polar surface area (TPSA) is 82.5 Å². The largest absolute Gasteiger partial charge is 0.334 e. The molecule has 0 radical (unpaired) electrons. The van der Waals surface area contributed by atoms with Crippen LogP contribution in [0.2, 0.25) is 5.02 Å². The number of aryl methyl sites for hydroxylation is 1. The number of aromatic nitrogens is 6. The Morgan fingerprint density at radius 2 is 1.89 bits per heavy atom. The van der Waals surface area contributed by atoms with Crippen molar-refractivity contribution in [3.63, 3.8) is 0 Å². The summed E-state index contributed by atoms with van der Waals surface area (Å²) in [4.78, 5) is 8.62. The zero-order chi connectivity index (χ0) is 19.0. The first-order valence-electron chi connectivity index (χ1n) is 8.13. The molecule has 1 atom stereocenters. The molecule has 4 rings (SSSR count). The second-order valence-electron chi connectivity index (χ2n) is 5.99. The fourth-order valence-electron chi connectivity index (χ4n) is 2.69. The van der Waals surface area contributed by atoms with E-state index in [2.05, 4.69) is 38.0 Å². The molecule has 27 heavy (non-hydrogen) atoms. The summed E-state index contributed by atoms with van der Waals surface area (Å²) >= 11 is 10.6. The van der Waals surface area contributed by atoms with E-state index in [4.69, 9.17) is 16.1 Å². The third-order valence-corrected chi connectivity index (χ3v) is 4.80. The number of benzene rings is 1. The van der Waals surface area contributed by atoms with E-state index in [-0.39, 0.29) is 0 Å². The Labute approximate surface area is 165 Å². The van der Waals surface area contributed by atoms with Gasteiger partial charge in [0.25, 0.3) is 5.89 Å². The van der Waals surface area contributed by atoms with Crippen molar-refractivity contribution in [2.24, 2.45) is 7.05 Å². The van der Waals surface area contributed by atoms with Crippen LogP contribution in [0.25, 0.3) is 22.8 Å². The van der Waals surface area contributed by atoms with Crippen molar-refractivity contribution in [1.82, 2.24) is 29.9 Å². The van der Waals surface area contributed by atoms with Crippen molar-refractivity contribution in [3.8, 4) is 22.8 Å². The van der Waals surface area contributed by atoms with Crippen molar-refractivity contribution in [3.05, 3.63) is 65.0 Å². The highest BCUT2D eigenvalue weighted by atomic mass is 35.5. The standard InChI is InChI=1S/C18H15ClN6OS/c1-10-9-12(7-8-20-10)18-21-15(24-26-18)14(27)17-23-22-16(25(17)2)11-3-5-13(19)6-4-11/h3-9,14,27H,1-2H3. The molecule has 0 bridgehead atoms. The number of pyridine rings is 1. The number of rotatable bonds is 4. The Kier molecular flexibility index (Phi) is 4.67. The van der Waals surface area contributed by atoms with Gasteiger partial charge >= 0.3 is 0 Å². The SMILES string of the molecule is Cc1cc(-c2nc(C(S)c3nnc(-c4ccc(Cl)cc4)n3C)no2)ccn1. The molecule has 0 N–H and O–H groups in total. The smallest absolute Gasteiger partial charge is 0.258 e. The molecule has 3 heterocycles. The molecule has 0 aliphatic rings. The number of hydrogen-bond acceptors (Lipinski definition) is 7. The molecule has 1 unspecified atom stereocenters. The van der Waals surface area contributed by atoms with Crippen molar-refractivity contribution in [2.75, 3.05) is 0 Å². The van der Waals surface area contributed by atoms with Gasteiger partial charge < -0.3 is 9.09 Å². The number of thiol groups is 1. The normalized spacial score (nSPS) is 12.3. The highest BCUT2D eigenvalue weighted by Gasteiger charge is 2.24. The molecule has 0 saturated carbocycles. The van der Waals surface area contributed by atoms with E-state index in [0.717, 1.165) is 16.8 Å². The molecule has 4 aromatic rings. The molecular formula is C18H15ClN6OS. The minimum Gasteiger partial charge on any atom is -0.334 e. The first-order valence-corrected chi connectivity index (χ1v) is 9.02. The number of nitrogens with zero attached hydrogens (tertiary/aromatic N) is 6. The third-order valence-electron chi connectivity index (χ3n) is 4.09. The molecule has 1 aromatic carbocycles. The predicted molar refractivity (Wildman–Crippen MR) is 105 cm³/mol. The number of halogens is 1. The van der Waals surface area contributed by atoms with Crippen LogP contribution in [0.5, 0.6) is 0 Å². The maximum Gasteiger partial charge on any atom is 0.258 e. The molecule has 0 spiro atoms. The van der Waals surface area contributed by atoms with E-state index in [0.29, 0.717) is 28.4 Å². The summed E-state index contributed by atoms with van der Waals surface area (Å²) in [6.07, 6.45) is 1.70. The highest BCUT2D eigenvalue weighted by molar-refractivity contribution is 7.80. The average Bonchev–Trinajstić information content (AvgIpc) is 3.29. The minimum atomic E-state index is -0.482. The lowest BCUT2D eigenvalue weighted by atomic mass is 10.2. The molecule has 0 saturated heterocycles. The van der Waals surface area contributed by atoms with E-state index in [1.807, 2.05) is 54.9 Å². The predicted octanol–water partition coefficient (Wildman–Crippen LogP) is 3.91. The summed E-state index contributed by atoms with van der Waals surface area (Å²) in [5.74, 6) is 2.14. The van der Waals surface area contributed by atoms with Gasteiger partial charge in [0.15, 0.2) is 17.5 Å². The Morgan fingerprint density at radius 3 is 2.63 bits per heavy atom. The highest BCUT2D eigenvalue weighted by Crippen LogP contribution is 2.29. The summed E-state index contributed by atoms with van der Waals surface area (Å²) in [6, 6.07) is 11.1. The van der Waals surface area contributed by atoms with Gasteiger partial charge in [-0.3, -0.25) is 4.98 Å². The Hall–Kier alpha value is -2.71. The van der Waals surface area contributed by atoms with Crippen LogP contribution in [0.1, 0.15) is 22.6 Å². The second-order valence-corrected chi connectivity index (χ2v) is 6.95. The van der Waals surface area contributed by atoms with Crippen LogP contribution in [0.3, 0.4) is 0 Å². The molecule has 0 amide bonds. The van der Waals surface area contributed by atoms with Crippen LogP contribution in [-0.4, -0.2) is 29.9 Å². The van der Waals surface area contributed by atoms with Crippen LogP contribution < -0.4 is 0 Å². The minimum absolute atomic E-state index is 0.412. The fourth-order valence-corrected chi connectivity index (χ4v) is 3.14. The van der Waals surface area contributed by atoms with Gasteiger partial charge in [0.1, 0.15) is 5.25 Å². The lowest BCUT2D eigenvalue weighted by Crippen LogP contribution is -2.05. The summed E-state index contributed by atoms with van der Waals surface area (Å²) in [7, 11) is 1.87. The van der Waals surface area contributed by atoms with Gasteiger partial charge in [-0.2, -0.15) is 17.6 Å². The van der Waals surface area contributed by atoms with E-state index < -0.39 is 5.25 Å². The molecule has 0 fully saturated rings. The van der Waals surface area contributed by atoms with Gasteiger partial charge in [0, 0.05) is 35.1 Å². The molecule has 7 nitrogen and oxygen atoms in total. The molecule has 3 aromatic heterocycles. The average molecular weight is 399 g/mol. The lowest BCUT2D eigenvalue weighted by Gasteiger charge is -2.07. The van der Waals surface area contributed by atoms with Gasteiger partial charge in [0.2, 0.25) is 0 Å². The summed E-state index contributed by atoms with van der Waals surface area (Å²) < 4.78 is 7.24. The van der Waals surface area contributed by atoms with E-state index in [1.165, 1.54) is 0 Å². The van der Waals surface area contributed by atoms with Crippen LogP contribution in [0.15, 0.2) is 47.1 Å². The van der Waals surface area contributed by atoms with Crippen LogP contribution in [0.4, 0.5) is 0 Å². The Bertz CT molecular complexity index is 1090. The quantitative estimate of drug-likeness (QED) is 0.525. The Morgan fingerprint density at radius 1 is 1.11 bits per heavy atom. The maximum absolute atomic E-state index is 5.95. The van der Waals surface area contributed by atoms with Gasteiger partial charge in [-0.05, 0) is 43.3 Å². The molecule has 136 valence electrons. The van der Waals surface area contributed by atoms with Crippen LogP contribution in [0, 0.1) is 6.92 Å². The van der Waals surface area contributed by atoms with E-state index in [9.17, 15) is 0 Å². The van der Waals surface area contributed by atoms with Crippen molar-refractivity contribution >= 4 is 24.2 Å². The lowest BCUT2D eigenvalue weighted by molar-refractivity contribution is 0.423. The summed E-state index contributed by atoms with van der Waals surface area (Å²) in [5, 5.41) is 12.8. The summed E-state index contributed by atoms with van der Waals surface area (Å²) in [6.45, 7) is 1.90. The zero-order valence-electron chi connectivity index (χ0n) is 14.5. The van der Waals surface area contributed by atoms with Crippen molar-refractivity contribution in [1.29, 1.82) is 0 Å². The molecule has 0 aliphatic heterocycles. The van der Waals surface area contributed by atoms with Crippen molar-refractivity contribution < 1.29 is 4.52 Å². The van der Waals surface area contributed by atoms with E-state index in [1.54, 1.807) is 6.20 Å². The molecular weight excluding hydrogens is 384 g/mol. The van der Waals surface area contributed by atoms with Gasteiger partial charge in [-0.15, -0.1) is 10.2 Å². The van der Waals surface area contributed by atoms with Crippen LogP contribution >= 0.6 is 24.2 Å². The zero-order valence-corrected chi connectivity index (χ0v) is 16.2. The van der Waals surface area contributed by atoms with Crippen LogP contribution in [-0.2, 0) is 7.05 Å². The Balaban J connectivity index is 1.64. The van der Waals surface area contributed by atoms with E-state index >= 15 is 0 Å². The maximum atomic E-state index is 5.95. The first kappa shape index (κ1) is 17.7. The van der Waals surface area contributed by atoms with Gasteiger partial charge in [-0.1, -0.05) is 16.8 Å². The van der Waals surface area contributed by atoms with Gasteiger partial charge in [0.05, 0.1) is 0 Å². The fraction of sp³-hybridized carbons (Fsp3) is 0.167. The first-order chi connectivity index (χ1) is 13.0. The third kappa shape index (κ3) is 3.45. The molecule has 9 heteroatoms. The second kappa shape index (κ2) is 7.13. The van der Waals surface area contributed by atoms with Crippen molar-refractivity contribution in [2.45, 2.75) is 12.2 Å². The monoisotopic (exact) mass is 398 g/mol. The summed E-state index contributed by atoms with van der Waals surface area (Å²) in [5.41, 5.74) is 2.58.